The van der Waals surface area contributed by atoms with E-state index in [0.717, 1.165) is 13.0 Å². The summed E-state index contributed by atoms with van der Waals surface area (Å²) in [5.41, 5.74) is 0.632. The Morgan fingerprint density at radius 1 is 1.33 bits per heavy atom. The van der Waals surface area contributed by atoms with Crippen molar-refractivity contribution >= 4 is 17.5 Å². The summed E-state index contributed by atoms with van der Waals surface area (Å²) < 4.78 is 7.38. The van der Waals surface area contributed by atoms with Gasteiger partial charge in [0.15, 0.2) is 6.10 Å². The average Bonchev–Trinajstić information content (AvgIpc) is 3.09. The highest BCUT2D eigenvalue weighted by Crippen LogP contribution is 2.33. The maximum atomic E-state index is 12.3. The van der Waals surface area contributed by atoms with Crippen LogP contribution in [0.15, 0.2) is 42.7 Å². The van der Waals surface area contributed by atoms with Crippen LogP contribution in [0.3, 0.4) is 0 Å². The topological polar surface area (TPSA) is 76.5 Å². The Bertz CT molecular complexity index is 714. The lowest BCUT2D eigenvalue weighted by atomic mass is 10.2. The van der Waals surface area contributed by atoms with Crippen LogP contribution in [0, 0.1) is 0 Å². The highest BCUT2D eigenvalue weighted by atomic mass is 16.5. The Balaban J connectivity index is 1.54. The number of nitrogens with one attached hydrogen (secondary N) is 1. The fraction of sp³-hybridized carbons (Fsp3) is 0.353. The van der Waals surface area contributed by atoms with Crippen LogP contribution >= 0.6 is 0 Å². The number of anilines is 1. The van der Waals surface area contributed by atoms with Crippen LogP contribution in [0.2, 0.25) is 0 Å². The quantitative estimate of drug-likeness (QED) is 0.809. The summed E-state index contributed by atoms with van der Waals surface area (Å²) in [5.74, 6) is 0.226. The van der Waals surface area contributed by atoms with Crippen LogP contribution in [0.1, 0.15) is 13.3 Å². The van der Waals surface area contributed by atoms with Crippen LogP contribution in [0.4, 0.5) is 5.69 Å². The van der Waals surface area contributed by atoms with Crippen LogP contribution in [0.25, 0.3) is 0 Å². The molecule has 0 saturated heterocycles. The molecule has 24 heavy (non-hydrogen) atoms. The van der Waals surface area contributed by atoms with Crippen molar-refractivity contribution in [1.29, 1.82) is 0 Å². The third-order valence-corrected chi connectivity index (χ3v) is 3.82. The predicted octanol–water partition coefficient (Wildman–Crippen LogP) is 1.20. The molecule has 0 radical (unpaired) electrons. The van der Waals surface area contributed by atoms with Crippen LogP contribution in [-0.2, 0) is 16.1 Å². The summed E-state index contributed by atoms with van der Waals surface area (Å²) >= 11 is 0. The molecule has 0 fully saturated rings. The minimum absolute atomic E-state index is 0.00861. The Kier molecular flexibility index (Phi) is 4.79. The Labute approximate surface area is 140 Å². The zero-order chi connectivity index (χ0) is 16.9. The number of carbonyl (C=O) groups excluding carboxylic acids is 2. The van der Waals surface area contributed by atoms with E-state index >= 15 is 0 Å². The molecule has 1 aliphatic heterocycles. The molecule has 1 aromatic heterocycles. The number of nitrogens with zero attached hydrogens (tertiary/aromatic N) is 3. The lowest BCUT2D eigenvalue weighted by molar-refractivity contribution is -0.128. The lowest BCUT2D eigenvalue weighted by Gasteiger charge is -2.32. The molecular formula is C17H20N4O3. The van der Waals surface area contributed by atoms with E-state index < -0.39 is 6.10 Å². The smallest absolute Gasteiger partial charge is 0.268 e. The number of fused-ring (bicyclic) bond motifs is 1. The molecule has 0 saturated carbocycles. The first kappa shape index (κ1) is 16.0. The van der Waals surface area contributed by atoms with E-state index in [2.05, 4.69) is 10.4 Å². The number of hydrogen-bond donors (Lipinski definition) is 1. The Hall–Kier alpha value is -2.83. The third kappa shape index (κ3) is 3.56. The second-order valence-electron chi connectivity index (χ2n) is 5.62. The summed E-state index contributed by atoms with van der Waals surface area (Å²) in [5, 5.41) is 6.95. The lowest BCUT2D eigenvalue weighted by Crippen LogP contribution is -2.48. The molecule has 2 heterocycles. The van der Waals surface area contributed by atoms with Crippen molar-refractivity contribution < 1.29 is 14.3 Å². The maximum absolute atomic E-state index is 12.3. The second-order valence-corrected chi connectivity index (χ2v) is 5.62. The van der Waals surface area contributed by atoms with Gasteiger partial charge in [-0.15, -0.1) is 0 Å². The molecular weight excluding hydrogens is 308 g/mol. The molecule has 0 unspecified atom stereocenters. The fourth-order valence-electron chi connectivity index (χ4n) is 2.62. The molecule has 126 valence electrons. The van der Waals surface area contributed by atoms with E-state index in [0.29, 0.717) is 18.0 Å². The molecule has 1 aromatic carbocycles. The van der Waals surface area contributed by atoms with Crippen LogP contribution in [0.5, 0.6) is 5.75 Å². The Morgan fingerprint density at radius 2 is 2.17 bits per heavy atom. The summed E-state index contributed by atoms with van der Waals surface area (Å²) in [4.78, 5) is 26.0. The molecule has 1 atom stereocenters. The van der Waals surface area contributed by atoms with E-state index in [1.54, 1.807) is 25.3 Å². The largest absolute Gasteiger partial charge is 0.479 e. The van der Waals surface area contributed by atoms with E-state index in [1.165, 1.54) is 4.90 Å². The van der Waals surface area contributed by atoms with Crippen molar-refractivity contribution in [3.05, 3.63) is 42.7 Å². The highest BCUT2D eigenvalue weighted by molar-refractivity contribution is 6.03. The van der Waals surface area contributed by atoms with Gasteiger partial charge in [0, 0.05) is 25.5 Å². The molecule has 1 aliphatic rings. The van der Waals surface area contributed by atoms with Crippen molar-refractivity contribution in [2.75, 3.05) is 18.0 Å². The molecule has 1 N–H and O–H groups in total. The number of aromatic nitrogens is 2. The SMILES string of the molecule is C[C@@H]1Oc2ccccc2N(CC(=O)NCCCn2cccn2)C1=O. The summed E-state index contributed by atoms with van der Waals surface area (Å²) in [7, 11) is 0. The average molecular weight is 328 g/mol. The molecule has 0 bridgehead atoms. The highest BCUT2D eigenvalue weighted by Gasteiger charge is 2.32. The van der Waals surface area contributed by atoms with Gasteiger partial charge in [0.25, 0.3) is 5.91 Å². The maximum Gasteiger partial charge on any atom is 0.268 e. The molecule has 2 amide bonds. The molecule has 3 rings (SSSR count). The van der Waals surface area contributed by atoms with Gasteiger partial charge < -0.3 is 10.1 Å². The van der Waals surface area contributed by atoms with Gasteiger partial charge in [-0.05, 0) is 31.5 Å². The van der Waals surface area contributed by atoms with Crippen molar-refractivity contribution in [2.24, 2.45) is 0 Å². The van der Waals surface area contributed by atoms with Gasteiger partial charge >= 0.3 is 0 Å². The van der Waals surface area contributed by atoms with Crippen molar-refractivity contribution in [2.45, 2.75) is 26.0 Å². The molecule has 0 aliphatic carbocycles. The van der Waals surface area contributed by atoms with Gasteiger partial charge in [-0.2, -0.15) is 5.10 Å². The van der Waals surface area contributed by atoms with Gasteiger partial charge in [0.1, 0.15) is 12.3 Å². The number of ether oxygens (including phenoxy) is 1. The number of benzene rings is 1. The summed E-state index contributed by atoms with van der Waals surface area (Å²) in [6.07, 6.45) is 3.79. The predicted molar refractivity (Wildman–Crippen MR) is 88.7 cm³/mol. The van der Waals surface area contributed by atoms with Crippen molar-refractivity contribution in [3.8, 4) is 5.75 Å². The molecule has 0 spiro atoms. The number of aryl methyl sites for hydroxylation is 1. The fourth-order valence-corrected chi connectivity index (χ4v) is 2.62. The van der Waals surface area contributed by atoms with Gasteiger partial charge in [0.05, 0.1) is 5.69 Å². The van der Waals surface area contributed by atoms with E-state index in [-0.39, 0.29) is 18.4 Å². The van der Waals surface area contributed by atoms with Crippen LogP contribution < -0.4 is 15.0 Å². The summed E-state index contributed by atoms with van der Waals surface area (Å²) in [6, 6.07) is 9.11. The monoisotopic (exact) mass is 328 g/mol. The van der Waals surface area contributed by atoms with Crippen molar-refractivity contribution in [1.82, 2.24) is 15.1 Å². The number of amides is 2. The first-order chi connectivity index (χ1) is 11.6. The zero-order valence-electron chi connectivity index (χ0n) is 13.5. The van der Waals surface area contributed by atoms with E-state index in [4.69, 9.17) is 4.74 Å². The number of carbonyl (C=O) groups is 2. The zero-order valence-corrected chi connectivity index (χ0v) is 13.5. The van der Waals surface area contributed by atoms with Crippen molar-refractivity contribution in [3.63, 3.8) is 0 Å². The van der Waals surface area contributed by atoms with Gasteiger partial charge in [-0.1, -0.05) is 12.1 Å². The standard InChI is InChI=1S/C17H20N4O3/c1-13-17(23)21(14-6-2-3-7-15(14)24-13)12-16(22)18-8-4-10-20-11-5-9-19-20/h2-3,5-7,9,11,13H,4,8,10,12H2,1H3,(H,18,22)/t13-/m0/s1. The number of para-hydroxylation sites is 2. The van der Waals surface area contributed by atoms with Gasteiger partial charge in [-0.25, -0.2) is 0 Å². The normalized spacial score (nSPS) is 16.5. The van der Waals surface area contributed by atoms with Crippen LogP contribution in [-0.4, -0.2) is 40.8 Å². The number of rotatable bonds is 6. The minimum atomic E-state index is -0.590. The van der Waals surface area contributed by atoms with Gasteiger partial charge in [0.2, 0.25) is 5.91 Å². The third-order valence-electron chi connectivity index (χ3n) is 3.82. The van der Waals surface area contributed by atoms with E-state index in [1.807, 2.05) is 29.1 Å². The first-order valence-electron chi connectivity index (χ1n) is 7.96. The molecule has 7 heteroatoms. The number of hydrogen-bond acceptors (Lipinski definition) is 4. The molecule has 2 aromatic rings. The molecule has 7 nitrogen and oxygen atoms in total. The van der Waals surface area contributed by atoms with Gasteiger partial charge in [-0.3, -0.25) is 19.2 Å². The first-order valence-corrected chi connectivity index (χ1v) is 7.96. The minimum Gasteiger partial charge on any atom is -0.479 e. The van der Waals surface area contributed by atoms with E-state index in [9.17, 15) is 9.59 Å². The summed E-state index contributed by atoms with van der Waals surface area (Å²) in [6.45, 7) is 2.95. The second kappa shape index (κ2) is 7.16. The Morgan fingerprint density at radius 3 is 2.96 bits per heavy atom.